The van der Waals surface area contributed by atoms with Crippen LogP contribution >= 0.6 is 0 Å². The van der Waals surface area contributed by atoms with Gasteiger partial charge in [-0.3, -0.25) is 9.69 Å². The first-order valence-electron chi connectivity index (χ1n) is 8.01. The molecular formula is C17H27N3O. The van der Waals surface area contributed by atoms with Crippen molar-refractivity contribution in [3.8, 4) is 0 Å². The fourth-order valence-electron chi connectivity index (χ4n) is 2.82. The molecule has 0 spiro atoms. The summed E-state index contributed by atoms with van der Waals surface area (Å²) in [6, 6.07) is 9.69. The van der Waals surface area contributed by atoms with Gasteiger partial charge in [-0.05, 0) is 38.4 Å². The maximum atomic E-state index is 12.3. The molecule has 0 aliphatic carbocycles. The van der Waals surface area contributed by atoms with E-state index in [0.29, 0.717) is 6.54 Å². The summed E-state index contributed by atoms with van der Waals surface area (Å²) in [7, 11) is 0. The van der Waals surface area contributed by atoms with E-state index in [4.69, 9.17) is 5.73 Å². The van der Waals surface area contributed by atoms with Crippen LogP contribution in [0.2, 0.25) is 0 Å². The highest BCUT2D eigenvalue weighted by molar-refractivity contribution is 5.81. The van der Waals surface area contributed by atoms with Gasteiger partial charge in [0.15, 0.2) is 0 Å². The number of carbonyl (C=O) groups excluding carboxylic acids is 1. The third-order valence-corrected chi connectivity index (χ3v) is 4.29. The molecule has 1 aliphatic rings. The van der Waals surface area contributed by atoms with Gasteiger partial charge in [0.1, 0.15) is 0 Å². The van der Waals surface area contributed by atoms with Gasteiger partial charge in [-0.15, -0.1) is 0 Å². The lowest BCUT2D eigenvalue weighted by atomic mass is 10.1. The number of benzene rings is 1. The first-order valence-corrected chi connectivity index (χ1v) is 8.01. The third kappa shape index (κ3) is 4.83. The van der Waals surface area contributed by atoms with Gasteiger partial charge in [0.05, 0.1) is 6.04 Å². The molecule has 4 heteroatoms. The third-order valence-electron chi connectivity index (χ3n) is 4.29. The van der Waals surface area contributed by atoms with Crippen molar-refractivity contribution in [1.29, 1.82) is 0 Å². The monoisotopic (exact) mass is 289 g/mol. The van der Waals surface area contributed by atoms with E-state index in [9.17, 15) is 4.79 Å². The van der Waals surface area contributed by atoms with Gasteiger partial charge in [0.2, 0.25) is 5.91 Å². The Bertz CT molecular complexity index is 427. The van der Waals surface area contributed by atoms with Crippen molar-refractivity contribution in [2.24, 2.45) is 5.73 Å². The molecule has 1 saturated heterocycles. The molecule has 2 unspecified atom stereocenters. The number of rotatable bonds is 5. The van der Waals surface area contributed by atoms with E-state index in [1.165, 1.54) is 25.7 Å². The number of nitrogens with zero attached hydrogens (tertiary/aromatic N) is 1. The molecule has 3 N–H and O–H groups in total. The molecule has 1 amide bonds. The van der Waals surface area contributed by atoms with Crippen molar-refractivity contribution in [3.63, 3.8) is 0 Å². The average Bonchev–Trinajstić information content (AvgIpc) is 2.81. The standard InChI is InChI=1S/C17H27N3O/c1-14(20-11-7-2-3-8-12-20)17(21)19-13-16(18)15-9-5-4-6-10-15/h4-6,9-10,14,16H,2-3,7-8,11-13,18H2,1H3,(H,19,21). The number of nitrogens with one attached hydrogen (secondary N) is 1. The van der Waals surface area contributed by atoms with Crippen LogP contribution in [0.5, 0.6) is 0 Å². The van der Waals surface area contributed by atoms with Crippen LogP contribution < -0.4 is 11.1 Å². The summed E-state index contributed by atoms with van der Waals surface area (Å²) in [5, 5.41) is 2.99. The van der Waals surface area contributed by atoms with Crippen molar-refractivity contribution in [2.75, 3.05) is 19.6 Å². The first kappa shape index (κ1) is 16.0. The minimum absolute atomic E-state index is 0.0638. The average molecular weight is 289 g/mol. The Labute approximate surface area is 127 Å². The fraction of sp³-hybridized carbons (Fsp3) is 0.588. The molecule has 2 rings (SSSR count). The number of hydrogen-bond acceptors (Lipinski definition) is 3. The first-order chi connectivity index (χ1) is 10.2. The van der Waals surface area contributed by atoms with E-state index in [2.05, 4.69) is 10.2 Å². The molecular weight excluding hydrogens is 262 g/mol. The van der Waals surface area contributed by atoms with Gasteiger partial charge >= 0.3 is 0 Å². The van der Waals surface area contributed by atoms with Gasteiger partial charge < -0.3 is 11.1 Å². The Morgan fingerprint density at radius 1 is 1.19 bits per heavy atom. The predicted octanol–water partition coefficient (Wildman–Crippen LogP) is 2.07. The van der Waals surface area contributed by atoms with Gasteiger partial charge in [-0.2, -0.15) is 0 Å². The summed E-state index contributed by atoms with van der Waals surface area (Å²) in [6.45, 7) is 4.54. The van der Waals surface area contributed by atoms with Crippen molar-refractivity contribution < 1.29 is 4.79 Å². The molecule has 2 atom stereocenters. The normalized spacial score (nSPS) is 19.5. The molecule has 1 aromatic rings. The van der Waals surface area contributed by atoms with Crippen LogP contribution in [0.25, 0.3) is 0 Å². The van der Waals surface area contributed by atoms with Crippen LogP contribution in [0.3, 0.4) is 0 Å². The molecule has 0 aromatic heterocycles. The van der Waals surface area contributed by atoms with Crippen LogP contribution in [0, 0.1) is 0 Å². The van der Waals surface area contributed by atoms with Gasteiger partial charge in [0, 0.05) is 12.6 Å². The van der Waals surface area contributed by atoms with Crippen LogP contribution in [0.4, 0.5) is 0 Å². The minimum Gasteiger partial charge on any atom is -0.353 e. The van der Waals surface area contributed by atoms with E-state index in [1.807, 2.05) is 37.3 Å². The molecule has 0 saturated carbocycles. The summed E-state index contributed by atoms with van der Waals surface area (Å²) in [6.07, 6.45) is 4.95. The van der Waals surface area contributed by atoms with Gasteiger partial charge in [-0.25, -0.2) is 0 Å². The molecule has 1 aliphatic heterocycles. The van der Waals surface area contributed by atoms with Gasteiger partial charge in [0.25, 0.3) is 0 Å². The number of likely N-dealkylation sites (tertiary alicyclic amines) is 1. The zero-order valence-corrected chi connectivity index (χ0v) is 12.9. The highest BCUT2D eigenvalue weighted by Gasteiger charge is 2.22. The van der Waals surface area contributed by atoms with Crippen LogP contribution in [-0.4, -0.2) is 36.5 Å². The Morgan fingerprint density at radius 3 is 2.43 bits per heavy atom. The Balaban J connectivity index is 1.80. The van der Waals surface area contributed by atoms with E-state index in [1.54, 1.807) is 0 Å². The summed E-state index contributed by atoms with van der Waals surface area (Å²) < 4.78 is 0. The lowest BCUT2D eigenvalue weighted by Crippen LogP contribution is -2.47. The SMILES string of the molecule is CC(C(=O)NCC(N)c1ccccc1)N1CCCCCC1. The van der Waals surface area contributed by atoms with Crippen molar-refractivity contribution >= 4 is 5.91 Å². The topological polar surface area (TPSA) is 58.4 Å². The van der Waals surface area contributed by atoms with E-state index in [-0.39, 0.29) is 18.0 Å². The Hall–Kier alpha value is -1.39. The lowest BCUT2D eigenvalue weighted by Gasteiger charge is -2.27. The van der Waals surface area contributed by atoms with Crippen molar-refractivity contribution in [3.05, 3.63) is 35.9 Å². The zero-order valence-electron chi connectivity index (χ0n) is 12.9. The zero-order chi connectivity index (χ0) is 15.1. The van der Waals surface area contributed by atoms with Gasteiger partial charge in [-0.1, -0.05) is 43.2 Å². The predicted molar refractivity (Wildman–Crippen MR) is 85.9 cm³/mol. The summed E-state index contributed by atoms with van der Waals surface area (Å²) in [5.74, 6) is 0.0864. The molecule has 21 heavy (non-hydrogen) atoms. The molecule has 1 fully saturated rings. The fourth-order valence-corrected chi connectivity index (χ4v) is 2.82. The summed E-state index contributed by atoms with van der Waals surface area (Å²) in [4.78, 5) is 14.6. The van der Waals surface area contributed by atoms with E-state index in [0.717, 1.165) is 18.7 Å². The molecule has 4 nitrogen and oxygen atoms in total. The van der Waals surface area contributed by atoms with Crippen molar-refractivity contribution in [1.82, 2.24) is 10.2 Å². The second-order valence-corrected chi connectivity index (χ2v) is 5.89. The summed E-state index contributed by atoms with van der Waals surface area (Å²) in [5.41, 5.74) is 7.17. The number of nitrogens with two attached hydrogens (primary N) is 1. The molecule has 1 heterocycles. The maximum Gasteiger partial charge on any atom is 0.237 e. The van der Waals surface area contributed by atoms with Crippen LogP contribution in [0.15, 0.2) is 30.3 Å². The molecule has 0 bridgehead atoms. The molecule has 0 radical (unpaired) electrons. The van der Waals surface area contributed by atoms with Crippen LogP contribution in [-0.2, 0) is 4.79 Å². The quantitative estimate of drug-likeness (QED) is 0.872. The second-order valence-electron chi connectivity index (χ2n) is 5.89. The molecule has 116 valence electrons. The summed E-state index contributed by atoms with van der Waals surface area (Å²) >= 11 is 0. The number of amides is 1. The van der Waals surface area contributed by atoms with Crippen molar-refractivity contribution in [2.45, 2.75) is 44.7 Å². The molecule has 1 aromatic carbocycles. The van der Waals surface area contributed by atoms with E-state index < -0.39 is 0 Å². The largest absolute Gasteiger partial charge is 0.353 e. The highest BCUT2D eigenvalue weighted by atomic mass is 16.2. The lowest BCUT2D eigenvalue weighted by molar-refractivity contribution is -0.125. The van der Waals surface area contributed by atoms with E-state index >= 15 is 0 Å². The number of hydrogen-bond donors (Lipinski definition) is 2. The minimum atomic E-state index is -0.147. The number of carbonyl (C=O) groups is 1. The smallest absolute Gasteiger partial charge is 0.237 e. The second kappa shape index (κ2) is 8.15. The Kier molecular flexibility index (Phi) is 6.21. The van der Waals surface area contributed by atoms with Crippen LogP contribution in [0.1, 0.15) is 44.2 Å². The highest BCUT2D eigenvalue weighted by Crippen LogP contribution is 2.13. The maximum absolute atomic E-state index is 12.3. The Morgan fingerprint density at radius 2 is 1.81 bits per heavy atom.